The van der Waals surface area contributed by atoms with Crippen LogP contribution in [0.4, 0.5) is 5.95 Å². The lowest BCUT2D eigenvalue weighted by Gasteiger charge is -2.26. The zero-order chi connectivity index (χ0) is 14.9. The highest BCUT2D eigenvalue weighted by Crippen LogP contribution is 2.30. The summed E-state index contributed by atoms with van der Waals surface area (Å²) in [6, 6.07) is 0. The Kier molecular flexibility index (Phi) is 4.06. The molecule has 2 aromatic rings. The Morgan fingerprint density at radius 2 is 1.95 bits per heavy atom. The number of fused-ring (bicyclic) bond motifs is 1. The Bertz CT molecular complexity index is 591. The van der Waals surface area contributed by atoms with Gasteiger partial charge in [-0.2, -0.15) is 5.10 Å². The fourth-order valence-electron chi connectivity index (χ4n) is 2.87. The average molecular weight is 277 g/mol. The standard InChI is InChI=1S/C15H27N5/c1-6-7-8-9-15(3,4)10-20-13-12(17-14(20)16)11(2)18-19(13)5/h6-10H2,1-5H3,(H2,16,17). The summed E-state index contributed by atoms with van der Waals surface area (Å²) >= 11 is 0. The predicted molar refractivity (Wildman–Crippen MR) is 83.6 cm³/mol. The molecule has 2 heterocycles. The number of aryl methyl sites for hydroxylation is 2. The van der Waals surface area contributed by atoms with E-state index in [2.05, 4.69) is 35.4 Å². The second-order valence-electron chi connectivity index (χ2n) is 6.56. The van der Waals surface area contributed by atoms with Crippen LogP contribution in [0.2, 0.25) is 0 Å². The fraction of sp³-hybridized carbons (Fsp3) is 0.733. The zero-order valence-corrected chi connectivity index (χ0v) is 13.4. The predicted octanol–water partition coefficient (Wildman–Crippen LogP) is 3.27. The first-order valence-corrected chi connectivity index (χ1v) is 7.51. The normalized spacial score (nSPS) is 12.4. The maximum absolute atomic E-state index is 6.11. The average Bonchev–Trinajstić information content (AvgIpc) is 2.79. The molecule has 0 amide bonds. The van der Waals surface area contributed by atoms with Crippen molar-refractivity contribution in [1.82, 2.24) is 19.3 Å². The molecule has 0 unspecified atom stereocenters. The second-order valence-corrected chi connectivity index (χ2v) is 6.56. The van der Waals surface area contributed by atoms with E-state index in [0.29, 0.717) is 5.95 Å². The van der Waals surface area contributed by atoms with Crippen molar-refractivity contribution in [2.45, 2.75) is 59.9 Å². The van der Waals surface area contributed by atoms with Gasteiger partial charge in [0.1, 0.15) is 5.52 Å². The molecule has 0 saturated carbocycles. The van der Waals surface area contributed by atoms with Crippen molar-refractivity contribution in [3.63, 3.8) is 0 Å². The van der Waals surface area contributed by atoms with Gasteiger partial charge in [-0.15, -0.1) is 0 Å². The van der Waals surface area contributed by atoms with Crippen molar-refractivity contribution >= 4 is 17.1 Å². The van der Waals surface area contributed by atoms with Gasteiger partial charge in [0.25, 0.3) is 0 Å². The lowest BCUT2D eigenvalue weighted by molar-refractivity contribution is 0.275. The third kappa shape index (κ3) is 2.81. The summed E-state index contributed by atoms with van der Waals surface area (Å²) in [5.41, 5.74) is 9.22. The molecule has 0 saturated heterocycles. The van der Waals surface area contributed by atoms with Gasteiger partial charge in [-0.3, -0.25) is 9.25 Å². The largest absolute Gasteiger partial charge is 0.369 e. The highest BCUT2D eigenvalue weighted by molar-refractivity contribution is 5.77. The molecule has 0 aliphatic rings. The number of nitrogens with zero attached hydrogens (tertiary/aromatic N) is 4. The molecule has 0 aliphatic heterocycles. The minimum Gasteiger partial charge on any atom is -0.369 e. The SMILES string of the molecule is CCCCCC(C)(C)Cn1c(N)nc2c(C)nn(C)c21. The Hall–Kier alpha value is -1.52. The molecule has 0 fully saturated rings. The van der Waals surface area contributed by atoms with Gasteiger partial charge in [0, 0.05) is 13.6 Å². The lowest BCUT2D eigenvalue weighted by atomic mass is 9.87. The van der Waals surface area contributed by atoms with Crippen molar-refractivity contribution in [2.24, 2.45) is 12.5 Å². The Balaban J connectivity index is 2.26. The lowest BCUT2D eigenvalue weighted by Crippen LogP contribution is -2.21. The highest BCUT2D eigenvalue weighted by Gasteiger charge is 2.23. The molecule has 0 atom stereocenters. The quantitative estimate of drug-likeness (QED) is 0.824. The topological polar surface area (TPSA) is 61.7 Å². The van der Waals surface area contributed by atoms with E-state index in [9.17, 15) is 0 Å². The molecular formula is C15H27N5. The Labute approximate surface area is 121 Å². The van der Waals surface area contributed by atoms with Crippen molar-refractivity contribution in [3.05, 3.63) is 5.69 Å². The third-order valence-electron chi connectivity index (χ3n) is 3.96. The molecule has 0 bridgehead atoms. The van der Waals surface area contributed by atoms with Crippen molar-refractivity contribution in [3.8, 4) is 0 Å². The van der Waals surface area contributed by atoms with Crippen LogP contribution in [0.15, 0.2) is 0 Å². The molecule has 5 nitrogen and oxygen atoms in total. The van der Waals surface area contributed by atoms with Crippen LogP contribution in [0.3, 0.4) is 0 Å². The summed E-state index contributed by atoms with van der Waals surface area (Å²) in [6.07, 6.45) is 5.03. The number of nitrogen functional groups attached to an aromatic ring is 1. The van der Waals surface area contributed by atoms with Gasteiger partial charge >= 0.3 is 0 Å². The number of rotatable bonds is 6. The van der Waals surface area contributed by atoms with E-state index in [1.54, 1.807) is 0 Å². The van der Waals surface area contributed by atoms with Gasteiger partial charge in [0.05, 0.1) is 5.69 Å². The van der Waals surface area contributed by atoms with E-state index in [0.717, 1.165) is 23.4 Å². The summed E-state index contributed by atoms with van der Waals surface area (Å²) in [6.45, 7) is 9.71. The molecule has 2 N–H and O–H groups in total. The number of unbranched alkanes of at least 4 members (excludes halogenated alkanes) is 2. The van der Waals surface area contributed by atoms with Crippen LogP contribution in [-0.2, 0) is 13.6 Å². The summed E-state index contributed by atoms with van der Waals surface area (Å²) in [5.74, 6) is 0.597. The fourth-order valence-corrected chi connectivity index (χ4v) is 2.87. The van der Waals surface area contributed by atoms with Crippen LogP contribution in [0.1, 0.15) is 52.1 Å². The Morgan fingerprint density at radius 3 is 2.60 bits per heavy atom. The maximum atomic E-state index is 6.11. The van der Waals surface area contributed by atoms with Crippen LogP contribution in [0.5, 0.6) is 0 Å². The van der Waals surface area contributed by atoms with Gasteiger partial charge in [-0.25, -0.2) is 4.98 Å². The monoisotopic (exact) mass is 277 g/mol. The maximum Gasteiger partial charge on any atom is 0.202 e. The number of nitrogens with two attached hydrogens (primary N) is 1. The first-order valence-electron chi connectivity index (χ1n) is 7.51. The molecule has 112 valence electrons. The highest BCUT2D eigenvalue weighted by atomic mass is 15.3. The van der Waals surface area contributed by atoms with E-state index in [4.69, 9.17) is 5.73 Å². The molecule has 2 rings (SSSR count). The second kappa shape index (κ2) is 5.46. The van der Waals surface area contributed by atoms with E-state index in [1.165, 1.54) is 25.7 Å². The molecule has 20 heavy (non-hydrogen) atoms. The van der Waals surface area contributed by atoms with Crippen molar-refractivity contribution in [2.75, 3.05) is 5.73 Å². The van der Waals surface area contributed by atoms with E-state index >= 15 is 0 Å². The number of hydrogen-bond acceptors (Lipinski definition) is 3. The van der Waals surface area contributed by atoms with Gasteiger partial charge in [0.2, 0.25) is 5.95 Å². The van der Waals surface area contributed by atoms with Gasteiger partial charge < -0.3 is 5.73 Å². The van der Waals surface area contributed by atoms with Gasteiger partial charge in [0.15, 0.2) is 5.65 Å². The first-order chi connectivity index (χ1) is 9.35. The van der Waals surface area contributed by atoms with Crippen LogP contribution in [-0.4, -0.2) is 19.3 Å². The zero-order valence-electron chi connectivity index (χ0n) is 13.4. The Morgan fingerprint density at radius 1 is 1.25 bits per heavy atom. The molecule has 2 aromatic heterocycles. The number of hydrogen-bond donors (Lipinski definition) is 1. The van der Waals surface area contributed by atoms with Gasteiger partial charge in [-0.05, 0) is 18.8 Å². The van der Waals surface area contributed by atoms with Crippen LogP contribution < -0.4 is 5.73 Å². The molecule has 0 radical (unpaired) electrons. The van der Waals surface area contributed by atoms with Crippen LogP contribution in [0.25, 0.3) is 11.2 Å². The van der Waals surface area contributed by atoms with E-state index in [-0.39, 0.29) is 5.41 Å². The van der Waals surface area contributed by atoms with Crippen LogP contribution >= 0.6 is 0 Å². The summed E-state index contributed by atoms with van der Waals surface area (Å²) < 4.78 is 4.00. The first kappa shape index (κ1) is 14.9. The molecule has 0 spiro atoms. The van der Waals surface area contributed by atoms with Crippen molar-refractivity contribution < 1.29 is 0 Å². The molecular weight excluding hydrogens is 250 g/mol. The summed E-state index contributed by atoms with van der Waals surface area (Å²) in [7, 11) is 1.96. The minimum atomic E-state index is 0.217. The van der Waals surface area contributed by atoms with Crippen LogP contribution in [0, 0.1) is 12.3 Å². The van der Waals surface area contributed by atoms with Gasteiger partial charge in [-0.1, -0.05) is 40.0 Å². The number of anilines is 1. The number of aromatic nitrogens is 4. The summed E-state index contributed by atoms with van der Waals surface area (Å²) in [5, 5.41) is 4.44. The third-order valence-corrected chi connectivity index (χ3v) is 3.96. The molecule has 5 heteroatoms. The minimum absolute atomic E-state index is 0.217. The smallest absolute Gasteiger partial charge is 0.202 e. The van der Waals surface area contributed by atoms with E-state index < -0.39 is 0 Å². The van der Waals surface area contributed by atoms with E-state index in [1.807, 2.05) is 18.7 Å². The summed E-state index contributed by atoms with van der Waals surface area (Å²) in [4.78, 5) is 4.47. The molecule has 0 aromatic carbocycles. The molecule has 0 aliphatic carbocycles. The number of imidazole rings is 1. The van der Waals surface area contributed by atoms with Crippen molar-refractivity contribution in [1.29, 1.82) is 0 Å².